The van der Waals surface area contributed by atoms with Gasteiger partial charge in [0.2, 0.25) is 17.7 Å². The van der Waals surface area contributed by atoms with Gasteiger partial charge in [0.05, 0.1) is 13.0 Å². The molecule has 1 saturated carbocycles. The van der Waals surface area contributed by atoms with Crippen LogP contribution in [0.5, 0.6) is 0 Å². The molecule has 7 heteroatoms. The lowest BCUT2D eigenvalue weighted by Gasteiger charge is -2.34. The molecule has 4 rings (SSSR count). The third-order valence-corrected chi connectivity index (χ3v) is 5.71. The van der Waals surface area contributed by atoms with Gasteiger partial charge in [0, 0.05) is 50.9 Å². The van der Waals surface area contributed by atoms with Crippen molar-refractivity contribution in [1.82, 2.24) is 15.1 Å². The Kier molecular flexibility index (Phi) is 5.62. The van der Waals surface area contributed by atoms with E-state index in [1.54, 1.807) is 0 Å². The van der Waals surface area contributed by atoms with Crippen molar-refractivity contribution in [2.75, 3.05) is 44.2 Å². The molecule has 7 nitrogen and oxygen atoms in total. The quantitative estimate of drug-likeness (QED) is 0.787. The van der Waals surface area contributed by atoms with Crippen LogP contribution < -0.4 is 10.2 Å². The molecule has 3 aliphatic rings. The molecule has 28 heavy (non-hydrogen) atoms. The Bertz CT molecular complexity index is 737. The van der Waals surface area contributed by atoms with Gasteiger partial charge in [-0.05, 0) is 37.0 Å². The van der Waals surface area contributed by atoms with E-state index in [-0.39, 0.29) is 17.7 Å². The second-order valence-electron chi connectivity index (χ2n) is 7.99. The van der Waals surface area contributed by atoms with Gasteiger partial charge in [-0.15, -0.1) is 0 Å². The summed E-state index contributed by atoms with van der Waals surface area (Å²) in [5, 5.41) is 3.01. The fourth-order valence-corrected chi connectivity index (χ4v) is 3.86. The average Bonchev–Trinajstić information content (AvgIpc) is 3.40. The summed E-state index contributed by atoms with van der Waals surface area (Å²) in [6, 6.07) is 8.14. The van der Waals surface area contributed by atoms with Gasteiger partial charge >= 0.3 is 0 Å². The van der Waals surface area contributed by atoms with Crippen LogP contribution in [0.2, 0.25) is 0 Å². The predicted molar refractivity (Wildman–Crippen MR) is 106 cm³/mol. The number of nitrogens with zero attached hydrogens (tertiary/aromatic N) is 3. The van der Waals surface area contributed by atoms with Crippen molar-refractivity contribution in [3.05, 3.63) is 29.8 Å². The minimum Gasteiger partial charge on any atom is -0.352 e. The maximum Gasteiger partial charge on any atom is 0.234 e. The molecule has 0 bridgehead atoms. The highest BCUT2D eigenvalue weighted by molar-refractivity contribution is 5.95. The minimum absolute atomic E-state index is 0.0962. The van der Waals surface area contributed by atoms with Crippen LogP contribution >= 0.6 is 0 Å². The summed E-state index contributed by atoms with van der Waals surface area (Å²) in [7, 11) is 0. The number of rotatable bonds is 6. The van der Waals surface area contributed by atoms with Crippen LogP contribution in [0.25, 0.3) is 0 Å². The molecule has 3 amide bonds. The second-order valence-corrected chi connectivity index (χ2v) is 7.99. The van der Waals surface area contributed by atoms with E-state index in [2.05, 4.69) is 10.2 Å². The molecule has 0 radical (unpaired) electrons. The molecule has 0 spiro atoms. The van der Waals surface area contributed by atoms with Crippen molar-refractivity contribution in [3.8, 4) is 0 Å². The van der Waals surface area contributed by atoms with Crippen molar-refractivity contribution in [1.29, 1.82) is 0 Å². The van der Waals surface area contributed by atoms with Gasteiger partial charge in [-0.3, -0.25) is 19.3 Å². The van der Waals surface area contributed by atoms with Crippen LogP contribution in [0.15, 0.2) is 24.3 Å². The molecule has 0 aromatic heterocycles. The fourth-order valence-electron chi connectivity index (χ4n) is 3.86. The van der Waals surface area contributed by atoms with E-state index >= 15 is 0 Å². The number of carbonyl (C=O) groups excluding carboxylic acids is 3. The van der Waals surface area contributed by atoms with Gasteiger partial charge < -0.3 is 15.1 Å². The van der Waals surface area contributed by atoms with Crippen molar-refractivity contribution in [2.45, 2.75) is 38.1 Å². The lowest BCUT2D eigenvalue weighted by atomic mass is 10.1. The minimum atomic E-state index is 0.0962. The lowest BCUT2D eigenvalue weighted by Crippen LogP contribution is -2.51. The van der Waals surface area contributed by atoms with E-state index < -0.39 is 0 Å². The topological polar surface area (TPSA) is 73.0 Å². The molecule has 2 saturated heterocycles. The number of carbonyl (C=O) groups is 3. The molecule has 2 heterocycles. The first-order chi connectivity index (χ1) is 13.6. The maximum atomic E-state index is 12.6. The van der Waals surface area contributed by atoms with E-state index in [0.717, 1.165) is 50.1 Å². The predicted octanol–water partition coefficient (Wildman–Crippen LogP) is 0.779. The van der Waals surface area contributed by atoms with Crippen molar-refractivity contribution < 1.29 is 14.4 Å². The molecule has 0 unspecified atom stereocenters. The van der Waals surface area contributed by atoms with Gasteiger partial charge in [-0.25, -0.2) is 0 Å². The highest BCUT2D eigenvalue weighted by Gasteiger charge is 2.26. The number of benzene rings is 1. The SMILES string of the molecule is O=C(CN1CCN(C(=O)Cc2ccc(N3CCCC3=O)cc2)CC1)NC1CC1. The number of amides is 3. The number of piperazine rings is 1. The third-order valence-electron chi connectivity index (χ3n) is 5.71. The van der Waals surface area contributed by atoms with Gasteiger partial charge in [0.25, 0.3) is 0 Å². The monoisotopic (exact) mass is 384 g/mol. The number of anilines is 1. The van der Waals surface area contributed by atoms with Gasteiger partial charge in [-0.2, -0.15) is 0 Å². The van der Waals surface area contributed by atoms with Crippen LogP contribution in [-0.2, 0) is 20.8 Å². The van der Waals surface area contributed by atoms with E-state index in [0.29, 0.717) is 38.5 Å². The Labute approximate surface area is 165 Å². The van der Waals surface area contributed by atoms with Crippen LogP contribution in [0, 0.1) is 0 Å². The zero-order valence-electron chi connectivity index (χ0n) is 16.2. The Balaban J connectivity index is 1.23. The first-order valence-corrected chi connectivity index (χ1v) is 10.3. The van der Waals surface area contributed by atoms with Crippen molar-refractivity contribution >= 4 is 23.4 Å². The highest BCUT2D eigenvalue weighted by atomic mass is 16.2. The largest absolute Gasteiger partial charge is 0.352 e. The van der Waals surface area contributed by atoms with Crippen LogP contribution in [0.3, 0.4) is 0 Å². The molecule has 150 valence electrons. The Hall–Kier alpha value is -2.41. The van der Waals surface area contributed by atoms with Crippen LogP contribution in [0.4, 0.5) is 5.69 Å². The molecule has 2 aliphatic heterocycles. The van der Waals surface area contributed by atoms with Gasteiger partial charge in [0.1, 0.15) is 0 Å². The normalized spacial score (nSPS) is 20.5. The Morgan fingerprint density at radius 2 is 1.71 bits per heavy atom. The summed E-state index contributed by atoms with van der Waals surface area (Å²) in [6.07, 6.45) is 4.10. The highest BCUT2D eigenvalue weighted by Crippen LogP contribution is 2.22. The van der Waals surface area contributed by atoms with Crippen LogP contribution in [0.1, 0.15) is 31.2 Å². The number of hydrogen-bond acceptors (Lipinski definition) is 4. The average molecular weight is 384 g/mol. The maximum absolute atomic E-state index is 12.6. The lowest BCUT2D eigenvalue weighted by molar-refractivity contribution is -0.132. The van der Waals surface area contributed by atoms with Gasteiger partial charge in [0.15, 0.2) is 0 Å². The first kappa shape index (κ1) is 18.9. The van der Waals surface area contributed by atoms with E-state index in [9.17, 15) is 14.4 Å². The summed E-state index contributed by atoms with van der Waals surface area (Å²) in [5.41, 5.74) is 1.88. The summed E-state index contributed by atoms with van der Waals surface area (Å²) in [5.74, 6) is 0.387. The molecule has 1 aromatic carbocycles. The first-order valence-electron chi connectivity index (χ1n) is 10.3. The smallest absolute Gasteiger partial charge is 0.234 e. The molecule has 1 aromatic rings. The fraction of sp³-hybridized carbons (Fsp3) is 0.571. The number of hydrogen-bond donors (Lipinski definition) is 1. The summed E-state index contributed by atoms with van der Waals surface area (Å²) in [6.45, 7) is 4.00. The summed E-state index contributed by atoms with van der Waals surface area (Å²) >= 11 is 0. The number of nitrogens with one attached hydrogen (secondary N) is 1. The molecular weight excluding hydrogens is 356 g/mol. The van der Waals surface area contributed by atoms with E-state index in [1.807, 2.05) is 34.1 Å². The molecule has 1 aliphatic carbocycles. The molecule has 0 atom stereocenters. The van der Waals surface area contributed by atoms with Crippen molar-refractivity contribution in [3.63, 3.8) is 0 Å². The van der Waals surface area contributed by atoms with E-state index in [1.165, 1.54) is 0 Å². The zero-order valence-corrected chi connectivity index (χ0v) is 16.2. The van der Waals surface area contributed by atoms with Crippen molar-refractivity contribution in [2.24, 2.45) is 0 Å². The van der Waals surface area contributed by atoms with Crippen LogP contribution in [-0.4, -0.2) is 72.8 Å². The third kappa shape index (κ3) is 4.70. The molecule has 1 N–H and O–H groups in total. The van der Waals surface area contributed by atoms with Gasteiger partial charge in [-0.1, -0.05) is 12.1 Å². The Morgan fingerprint density at radius 1 is 1.00 bits per heavy atom. The molecule has 3 fully saturated rings. The zero-order chi connectivity index (χ0) is 19.5. The Morgan fingerprint density at radius 3 is 2.32 bits per heavy atom. The summed E-state index contributed by atoms with van der Waals surface area (Å²) < 4.78 is 0. The second kappa shape index (κ2) is 8.31. The summed E-state index contributed by atoms with van der Waals surface area (Å²) in [4.78, 5) is 42.1. The van der Waals surface area contributed by atoms with E-state index in [4.69, 9.17) is 0 Å². The molecular formula is C21H28N4O3. The standard InChI is InChI=1S/C21H28N4O3/c26-19(22-17-5-6-17)15-23-10-12-24(13-11-23)21(28)14-16-3-7-18(8-4-16)25-9-1-2-20(25)27/h3-4,7-8,17H,1-2,5-6,9-15H2,(H,22,26).